The first-order chi connectivity index (χ1) is 13.7. The van der Waals surface area contributed by atoms with Gasteiger partial charge in [-0.2, -0.15) is 4.98 Å². The van der Waals surface area contributed by atoms with Crippen molar-refractivity contribution in [2.45, 2.75) is 13.0 Å². The molecule has 4 aromatic rings. The number of benzene rings is 2. The number of H-pyrrole nitrogens is 1. The minimum atomic E-state index is -0.00845. The van der Waals surface area contributed by atoms with Crippen LogP contribution in [0.5, 0.6) is 5.75 Å². The van der Waals surface area contributed by atoms with Gasteiger partial charge in [0.1, 0.15) is 11.9 Å². The second kappa shape index (κ2) is 6.53. The summed E-state index contributed by atoms with van der Waals surface area (Å²) in [5.74, 6) is 1.88. The number of nitrogens with zero attached hydrogens (tertiary/aromatic N) is 3. The number of rotatable bonds is 4. The Kier molecular flexibility index (Phi) is 3.86. The van der Waals surface area contributed by atoms with Crippen molar-refractivity contribution >= 4 is 16.8 Å². The number of aromatic amines is 1. The Morgan fingerprint density at radius 3 is 2.75 bits per heavy atom. The highest BCUT2D eigenvalue weighted by molar-refractivity contribution is 6.06. The van der Waals surface area contributed by atoms with Gasteiger partial charge in [-0.1, -0.05) is 11.2 Å². The van der Waals surface area contributed by atoms with Gasteiger partial charge in [0.15, 0.2) is 5.82 Å². The maximum absolute atomic E-state index is 12.8. The van der Waals surface area contributed by atoms with E-state index in [1.54, 1.807) is 6.92 Å². The molecule has 1 amide bonds. The van der Waals surface area contributed by atoms with Gasteiger partial charge in [0, 0.05) is 28.2 Å². The highest BCUT2D eigenvalue weighted by atomic mass is 16.5. The summed E-state index contributed by atoms with van der Waals surface area (Å²) in [6, 6.07) is 15.2. The molecule has 0 atom stereocenters. The van der Waals surface area contributed by atoms with E-state index in [4.69, 9.17) is 9.26 Å². The van der Waals surface area contributed by atoms with E-state index in [0.29, 0.717) is 24.8 Å². The Balaban J connectivity index is 1.21. The van der Waals surface area contributed by atoms with E-state index in [1.165, 1.54) is 0 Å². The van der Waals surface area contributed by atoms with Gasteiger partial charge in [0.2, 0.25) is 0 Å². The molecule has 1 saturated heterocycles. The molecule has 0 saturated carbocycles. The Hall–Kier alpha value is -3.61. The Morgan fingerprint density at radius 1 is 1.18 bits per heavy atom. The van der Waals surface area contributed by atoms with Crippen LogP contribution in [0.25, 0.3) is 22.4 Å². The van der Waals surface area contributed by atoms with Crippen molar-refractivity contribution in [1.82, 2.24) is 20.0 Å². The quantitative estimate of drug-likeness (QED) is 0.592. The number of carbonyl (C=O) groups is 1. The highest BCUT2D eigenvalue weighted by Crippen LogP contribution is 2.25. The first-order valence-corrected chi connectivity index (χ1v) is 9.10. The normalized spacial score (nSPS) is 14.2. The molecule has 0 bridgehead atoms. The van der Waals surface area contributed by atoms with Crippen molar-refractivity contribution < 1.29 is 14.1 Å². The molecule has 1 fully saturated rings. The monoisotopic (exact) mass is 374 g/mol. The molecule has 0 aliphatic carbocycles. The van der Waals surface area contributed by atoms with E-state index in [1.807, 2.05) is 59.6 Å². The number of ether oxygens (including phenoxy) is 1. The van der Waals surface area contributed by atoms with Gasteiger partial charge < -0.3 is 19.1 Å². The molecule has 0 spiro atoms. The second-order valence-electron chi connectivity index (χ2n) is 6.87. The summed E-state index contributed by atoms with van der Waals surface area (Å²) >= 11 is 0. The van der Waals surface area contributed by atoms with Crippen molar-refractivity contribution in [3.05, 3.63) is 66.1 Å². The van der Waals surface area contributed by atoms with Crippen molar-refractivity contribution in [3.63, 3.8) is 0 Å². The predicted molar refractivity (Wildman–Crippen MR) is 103 cm³/mol. The fourth-order valence-electron chi connectivity index (χ4n) is 3.40. The average molecular weight is 374 g/mol. The summed E-state index contributed by atoms with van der Waals surface area (Å²) in [5, 5.41) is 4.74. The molecule has 5 rings (SSSR count). The van der Waals surface area contributed by atoms with E-state index in [2.05, 4.69) is 15.1 Å². The molecule has 0 radical (unpaired) electrons. The maximum Gasteiger partial charge on any atom is 0.257 e. The lowest BCUT2D eigenvalue weighted by Gasteiger charge is -2.39. The number of amides is 1. The van der Waals surface area contributed by atoms with Crippen molar-refractivity contribution in [1.29, 1.82) is 0 Å². The molecule has 7 heteroatoms. The van der Waals surface area contributed by atoms with Gasteiger partial charge in [-0.15, -0.1) is 0 Å². The molecule has 0 unspecified atom stereocenters. The van der Waals surface area contributed by atoms with Gasteiger partial charge >= 0.3 is 0 Å². The lowest BCUT2D eigenvalue weighted by atomic mass is 10.1. The van der Waals surface area contributed by atoms with Gasteiger partial charge in [-0.25, -0.2) is 0 Å². The number of fused-ring (bicyclic) bond motifs is 1. The summed E-state index contributed by atoms with van der Waals surface area (Å²) < 4.78 is 11.1. The van der Waals surface area contributed by atoms with Crippen LogP contribution in [0.4, 0.5) is 0 Å². The van der Waals surface area contributed by atoms with Gasteiger partial charge in [0.25, 0.3) is 11.8 Å². The molecular formula is C21H18N4O3. The van der Waals surface area contributed by atoms with Crippen LogP contribution < -0.4 is 4.74 Å². The van der Waals surface area contributed by atoms with Crippen LogP contribution in [0.3, 0.4) is 0 Å². The maximum atomic E-state index is 12.8. The SMILES string of the molecule is Cc1noc(-c2ccc(OC3CN(C(=O)c4cccc5[nH]ccc45)C3)cc2)n1. The van der Waals surface area contributed by atoms with Crippen molar-refractivity contribution in [3.8, 4) is 17.2 Å². The number of likely N-dealkylation sites (tertiary alicyclic amines) is 1. The van der Waals surface area contributed by atoms with E-state index < -0.39 is 0 Å². The Labute approximate surface area is 160 Å². The lowest BCUT2D eigenvalue weighted by Crippen LogP contribution is -2.56. The first kappa shape index (κ1) is 16.6. The predicted octanol–water partition coefficient (Wildman–Crippen LogP) is 3.43. The van der Waals surface area contributed by atoms with Crippen LogP contribution in [0.15, 0.2) is 59.3 Å². The minimum Gasteiger partial charge on any atom is -0.487 e. The molecule has 1 aliphatic rings. The van der Waals surface area contributed by atoms with Crippen LogP contribution in [-0.4, -0.2) is 45.1 Å². The van der Waals surface area contributed by atoms with Crippen LogP contribution >= 0.6 is 0 Å². The molecule has 7 nitrogen and oxygen atoms in total. The number of hydrogen-bond donors (Lipinski definition) is 1. The number of nitrogens with one attached hydrogen (secondary N) is 1. The molecule has 28 heavy (non-hydrogen) atoms. The lowest BCUT2D eigenvalue weighted by molar-refractivity contribution is 0.0179. The molecule has 3 heterocycles. The van der Waals surface area contributed by atoms with E-state index in [9.17, 15) is 4.79 Å². The number of aryl methyl sites for hydroxylation is 1. The first-order valence-electron chi connectivity index (χ1n) is 9.10. The van der Waals surface area contributed by atoms with Crippen molar-refractivity contribution in [2.24, 2.45) is 0 Å². The smallest absolute Gasteiger partial charge is 0.257 e. The number of carbonyl (C=O) groups excluding carboxylic acids is 1. The number of hydrogen-bond acceptors (Lipinski definition) is 5. The third-order valence-corrected chi connectivity index (χ3v) is 4.89. The van der Waals surface area contributed by atoms with Crippen LogP contribution in [0, 0.1) is 6.92 Å². The third kappa shape index (κ3) is 2.90. The van der Waals surface area contributed by atoms with Crippen LogP contribution in [-0.2, 0) is 0 Å². The van der Waals surface area contributed by atoms with E-state index in [0.717, 1.165) is 27.8 Å². The second-order valence-corrected chi connectivity index (χ2v) is 6.87. The number of aromatic nitrogens is 3. The average Bonchev–Trinajstić information content (AvgIpc) is 3.33. The fourth-order valence-corrected chi connectivity index (χ4v) is 3.40. The summed E-state index contributed by atoms with van der Waals surface area (Å²) in [6.45, 7) is 2.93. The zero-order valence-corrected chi connectivity index (χ0v) is 15.3. The molecule has 2 aromatic heterocycles. The summed E-state index contributed by atoms with van der Waals surface area (Å²) in [7, 11) is 0. The van der Waals surface area contributed by atoms with Crippen LogP contribution in [0.1, 0.15) is 16.2 Å². The zero-order chi connectivity index (χ0) is 19.1. The van der Waals surface area contributed by atoms with Gasteiger partial charge in [0.05, 0.1) is 13.1 Å². The molecule has 2 aromatic carbocycles. The Morgan fingerprint density at radius 2 is 2.00 bits per heavy atom. The van der Waals surface area contributed by atoms with Crippen LogP contribution in [0.2, 0.25) is 0 Å². The van der Waals surface area contributed by atoms with E-state index >= 15 is 0 Å². The molecule has 140 valence electrons. The minimum absolute atomic E-state index is 0.00845. The van der Waals surface area contributed by atoms with Gasteiger partial charge in [-0.05, 0) is 49.4 Å². The summed E-state index contributed by atoms with van der Waals surface area (Å²) in [5.41, 5.74) is 2.53. The zero-order valence-electron chi connectivity index (χ0n) is 15.3. The molecular weight excluding hydrogens is 356 g/mol. The Bertz CT molecular complexity index is 1140. The standard InChI is InChI=1S/C21H18N4O3/c1-13-23-20(28-24-13)14-5-7-15(8-6-14)27-16-11-25(12-16)21(26)18-3-2-4-19-17(18)9-10-22-19/h2-10,16,22H,11-12H2,1H3. The van der Waals surface area contributed by atoms with Gasteiger partial charge in [-0.3, -0.25) is 4.79 Å². The third-order valence-electron chi connectivity index (χ3n) is 4.89. The van der Waals surface area contributed by atoms with Crippen molar-refractivity contribution in [2.75, 3.05) is 13.1 Å². The summed E-state index contributed by atoms with van der Waals surface area (Å²) in [4.78, 5) is 21.9. The summed E-state index contributed by atoms with van der Waals surface area (Å²) in [6.07, 6.45) is 1.84. The largest absolute Gasteiger partial charge is 0.487 e. The fraction of sp³-hybridized carbons (Fsp3) is 0.190. The molecule has 1 N–H and O–H groups in total. The molecule has 1 aliphatic heterocycles. The van der Waals surface area contributed by atoms with E-state index in [-0.39, 0.29) is 12.0 Å². The highest BCUT2D eigenvalue weighted by Gasteiger charge is 2.33. The topological polar surface area (TPSA) is 84.3 Å².